The molecule has 1 N–H and O–H groups in total. The van der Waals surface area contributed by atoms with Crippen molar-refractivity contribution in [1.82, 2.24) is 5.32 Å². The van der Waals surface area contributed by atoms with Crippen LogP contribution in [0.4, 0.5) is 0 Å². The summed E-state index contributed by atoms with van der Waals surface area (Å²) in [5.41, 5.74) is 4.66. The molecule has 140 valence electrons. The van der Waals surface area contributed by atoms with Gasteiger partial charge in [-0.1, -0.05) is 37.3 Å². The van der Waals surface area contributed by atoms with E-state index < -0.39 is 0 Å². The van der Waals surface area contributed by atoms with E-state index >= 15 is 0 Å². The van der Waals surface area contributed by atoms with Gasteiger partial charge in [0.1, 0.15) is 0 Å². The van der Waals surface area contributed by atoms with E-state index in [0.717, 1.165) is 18.2 Å². The van der Waals surface area contributed by atoms with Gasteiger partial charge in [-0.15, -0.1) is 0 Å². The summed E-state index contributed by atoms with van der Waals surface area (Å²) >= 11 is 0. The van der Waals surface area contributed by atoms with Gasteiger partial charge in [0.25, 0.3) is 5.91 Å². The lowest BCUT2D eigenvalue weighted by molar-refractivity contribution is 0.0909. The smallest absolute Gasteiger partial charge is 0.287 e. The third-order valence-electron chi connectivity index (χ3n) is 5.44. The average Bonchev–Trinajstić information content (AvgIpc) is 3.16. The summed E-state index contributed by atoms with van der Waals surface area (Å²) in [5.74, 6) is 0.747. The van der Waals surface area contributed by atoms with Gasteiger partial charge in [-0.3, -0.25) is 4.79 Å². The first-order valence-corrected chi connectivity index (χ1v) is 9.68. The van der Waals surface area contributed by atoms with Crippen molar-refractivity contribution in [2.75, 3.05) is 7.11 Å². The summed E-state index contributed by atoms with van der Waals surface area (Å²) < 4.78 is 11.1. The number of rotatable bonds is 5. The Morgan fingerprint density at radius 1 is 1.15 bits per heavy atom. The van der Waals surface area contributed by atoms with Crippen molar-refractivity contribution in [3.8, 4) is 5.75 Å². The van der Waals surface area contributed by atoms with Crippen LogP contribution in [0.15, 0.2) is 46.9 Å². The molecule has 3 aromatic rings. The number of carbonyl (C=O) groups is 1. The maximum absolute atomic E-state index is 12.8. The number of hydrogen-bond acceptors (Lipinski definition) is 3. The highest BCUT2D eigenvalue weighted by molar-refractivity contribution is 5.97. The number of fused-ring (bicyclic) bond motifs is 2. The van der Waals surface area contributed by atoms with E-state index in [1.54, 1.807) is 13.2 Å². The lowest BCUT2D eigenvalue weighted by Crippen LogP contribution is -2.28. The summed E-state index contributed by atoms with van der Waals surface area (Å²) in [5, 5.41) is 3.99. The molecule has 1 heterocycles. The van der Waals surface area contributed by atoms with Crippen LogP contribution < -0.4 is 10.1 Å². The van der Waals surface area contributed by atoms with Crippen LogP contribution in [-0.4, -0.2) is 13.0 Å². The van der Waals surface area contributed by atoms with Gasteiger partial charge < -0.3 is 14.5 Å². The molecular weight excluding hydrogens is 338 g/mol. The number of amides is 1. The van der Waals surface area contributed by atoms with Crippen LogP contribution in [0, 0.1) is 0 Å². The quantitative estimate of drug-likeness (QED) is 0.678. The number of hydrogen-bond donors (Lipinski definition) is 1. The van der Waals surface area contributed by atoms with Crippen molar-refractivity contribution in [2.45, 2.75) is 45.1 Å². The zero-order valence-corrected chi connectivity index (χ0v) is 15.9. The minimum atomic E-state index is -0.196. The summed E-state index contributed by atoms with van der Waals surface area (Å²) in [6, 6.07) is 14.0. The third-order valence-corrected chi connectivity index (χ3v) is 5.44. The fraction of sp³-hybridized carbons (Fsp3) is 0.348. The molecule has 27 heavy (non-hydrogen) atoms. The molecular formula is C23H25NO3. The highest BCUT2D eigenvalue weighted by Crippen LogP contribution is 2.30. The first kappa shape index (κ1) is 17.7. The van der Waals surface area contributed by atoms with Crippen LogP contribution in [0.3, 0.4) is 0 Å². The maximum Gasteiger partial charge on any atom is 0.287 e. The fourth-order valence-corrected chi connectivity index (χ4v) is 3.93. The van der Waals surface area contributed by atoms with Gasteiger partial charge in [-0.05, 0) is 60.9 Å². The predicted molar refractivity (Wildman–Crippen MR) is 106 cm³/mol. The van der Waals surface area contributed by atoms with Gasteiger partial charge in [-0.25, -0.2) is 0 Å². The Morgan fingerprint density at radius 3 is 2.74 bits per heavy atom. The topological polar surface area (TPSA) is 51.5 Å². The van der Waals surface area contributed by atoms with Crippen LogP contribution in [0.25, 0.3) is 11.0 Å². The lowest BCUT2D eigenvalue weighted by atomic mass is 9.89. The van der Waals surface area contributed by atoms with Gasteiger partial charge in [0.05, 0.1) is 13.2 Å². The summed E-state index contributed by atoms with van der Waals surface area (Å²) in [7, 11) is 1.60. The summed E-state index contributed by atoms with van der Waals surface area (Å²) in [4.78, 5) is 12.8. The van der Waals surface area contributed by atoms with Crippen molar-refractivity contribution >= 4 is 16.9 Å². The molecule has 0 radical (unpaired) electrons. The van der Waals surface area contributed by atoms with Crippen LogP contribution >= 0.6 is 0 Å². The molecule has 0 saturated carbocycles. The Kier molecular flexibility index (Phi) is 4.88. The van der Waals surface area contributed by atoms with Crippen molar-refractivity contribution in [3.05, 3.63) is 64.9 Å². The number of methoxy groups -OCH3 is 1. The molecule has 1 amide bonds. The Hall–Kier alpha value is -2.75. The van der Waals surface area contributed by atoms with Crippen molar-refractivity contribution in [3.63, 3.8) is 0 Å². The molecule has 2 aromatic carbocycles. The Balaban J connectivity index is 1.57. The minimum Gasteiger partial charge on any atom is -0.493 e. The molecule has 1 aliphatic rings. The molecule has 4 heteroatoms. The van der Waals surface area contributed by atoms with Crippen LogP contribution in [0.2, 0.25) is 0 Å². The summed E-state index contributed by atoms with van der Waals surface area (Å²) in [6.07, 6.45) is 5.65. The molecule has 1 atom stereocenters. The molecule has 0 unspecified atom stereocenters. The standard InChI is InChI=1S/C23H25NO3/c1-3-19(17-12-11-15-7-4-5-8-16(15)13-17)24-23(25)21-14-18-9-6-10-20(26-2)22(18)27-21/h6,9-14,19H,3-5,7-8H2,1-2H3,(H,24,25)/t19-/m1/s1. The lowest BCUT2D eigenvalue weighted by Gasteiger charge is -2.21. The largest absolute Gasteiger partial charge is 0.493 e. The Morgan fingerprint density at radius 2 is 1.96 bits per heavy atom. The number of ether oxygens (including phenoxy) is 1. The van der Waals surface area contributed by atoms with Gasteiger partial charge in [0.2, 0.25) is 0 Å². The highest BCUT2D eigenvalue weighted by atomic mass is 16.5. The molecule has 0 fully saturated rings. The number of furan rings is 1. The van der Waals surface area contributed by atoms with E-state index in [1.165, 1.54) is 36.0 Å². The second kappa shape index (κ2) is 7.47. The average molecular weight is 363 g/mol. The number of nitrogens with one attached hydrogen (secondary N) is 1. The molecule has 1 aromatic heterocycles. The fourth-order valence-electron chi connectivity index (χ4n) is 3.93. The van der Waals surface area contributed by atoms with Crippen LogP contribution in [0.1, 0.15) is 59.5 Å². The van der Waals surface area contributed by atoms with Gasteiger partial charge in [-0.2, -0.15) is 0 Å². The molecule has 1 aliphatic carbocycles. The molecule has 0 spiro atoms. The van der Waals surface area contributed by atoms with Gasteiger partial charge >= 0.3 is 0 Å². The van der Waals surface area contributed by atoms with E-state index in [1.807, 2.05) is 18.2 Å². The number of para-hydroxylation sites is 1. The Bertz CT molecular complexity index is 973. The zero-order chi connectivity index (χ0) is 18.8. The maximum atomic E-state index is 12.8. The van der Waals surface area contributed by atoms with E-state index in [0.29, 0.717) is 17.1 Å². The summed E-state index contributed by atoms with van der Waals surface area (Å²) in [6.45, 7) is 2.09. The van der Waals surface area contributed by atoms with Crippen molar-refractivity contribution in [2.24, 2.45) is 0 Å². The minimum absolute atomic E-state index is 0.0279. The molecule has 0 aliphatic heterocycles. The molecule has 0 bridgehead atoms. The van der Waals surface area contributed by atoms with Crippen LogP contribution in [-0.2, 0) is 12.8 Å². The number of carbonyl (C=O) groups excluding carboxylic acids is 1. The monoisotopic (exact) mass is 363 g/mol. The van der Waals surface area contributed by atoms with E-state index in [9.17, 15) is 4.79 Å². The molecule has 4 rings (SSSR count). The van der Waals surface area contributed by atoms with Crippen LogP contribution in [0.5, 0.6) is 5.75 Å². The van der Waals surface area contributed by atoms with Gasteiger partial charge in [0, 0.05) is 5.39 Å². The van der Waals surface area contributed by atoms with E-state index in [2.05, 4.69) is 30.4 Å². The first-order chi connectivity index (χ1) is 13.2. The SMILES string of the molecule is CC[C@@H](NC(=O)c1cc2cccc(OC)c2o1)c1ccc2c(c1)CCCC2. The second-order valence-corrected chi connectivity index (χ2v) is 7.16. The van der Waals surface area contributed by atoms with E-state index in [4.69, 9.17) is 9.15 Å². The molecule has 0 saturated heterocycles. The van der Waals surface area contributed by atoms with Gasteiger partial charge in [0.15, 0.2) is 17.1 Å². The number of aryl methyl sites for hydroxylation is 2. The third kappa shape index (κ3) is 3.44. The normalized spacial score (nSPS) is 14.6. The predicted octanol–water partition coefficient (Wildman–Crippen LogP) is 5.20. The number of benzene rings is 2. The van der Waals surface area contributed by atoms with Crippen molar-refractivity contribution < 1.29 is 13.9 Å². The molecule has 4 nitrogen and oxygen atoms in total. The second-order valence-electron chi connectivity index (χ2n) is 7.16. The first-order valence-electron chi connectivity index (χ1n) is 9.68. The highest BCUT2D eigenvalue weighted by Gasteiger charge is 2.20. The van der Waals surface area contributed by atoms with Crippen molar-refractivity contribution in [1.29, 1.82) is 0 Å². The zero-order valence-electron chi connectivity index (χ0n) is 15.9. The van der Waals surface area contributed by atoms with E-state index in [-0.39, 0.29) is 11.9 Å². The Labute approximate surface area is 159 Å².